The average Bonchev–Trinajstić information content (AvgIpc) is 2.40. The van der Waals surface area contributed by atoms with Crippen molar-refractivity contribution < 1.29 is 24.9 Å². The van der Waals surface area contributed by atoms with Gasteiger partial charge < -0.3 is 15.3 Å². The molecule has 0 aliphatic carbocycles. The van der Waals surface area contributed by atoms with Crippen LogP contribution in [-0.4, -0.2) is 27.3 Å². The topological polar surface area (TPSA) is 94.8 Å². The van der Waals surface area contributed by atoms with Crippen molar-refractivity contribution in [2.24, 2.45) is 0 Å². The summed E-state index contributed by atoms with van der Waals surface area (Å²) in [6.07, 6.45) is 0. The molecule has 19 heavy (non-hydrogen) atoms. The summed E-state index contributed by atoms with van der Waals surface area (Å²) in [4.78, 5) is 20.5. The quantitative estimate of drug-likeness (QED) is 0.771. The monoisotopic (exact) mass is 260 g/mol. The van der Waals surface area contributed by atoms with Gasteiger partial charge in [-0.25, -0.2) is 9.59 Å². The maximum atomic E-state index is 10.3. The maximum absolute atomic E-state index is 10.3. The molecule has 98 valence electrons. The van der Waals surface area contributed by atoms with E-state index < -0.39 is 11.9 Å². The smallest absolute Gasteiger partial charge is 0.339 e. The zero-order chi connectivity index (χ0) is 14.3. The molecule has 0 aliphatic heterocycles. The molecule has 0 aliphatic rings. The van der Waals surface area contributed by atoms with E-state index in [1.165, 1.54) is 12.1 Å². The minimum atomic E-state index is -1.11. The Bertz CT molecular complexity index is 563. The van der Waals surface area contributed by atoms with Crippen molar-refractivity contribution in [3.63, 3.8) is 0 Å². The van der Waals surface area contributed by atoms with Gasteiger partial charge in [-0.2, -0.15) is 0 Å². The van der Waals surface area contributed by atoms with Crippen LogP contribution in [0.1, 0.15) is 20.7 Å². The molecule has 0 spiro atoms. The minimum Gasteiger partial charge on any atom is -0.507 e. The molecular weight excluding hydrogens is 248 g/mol. The van der Waals surface area contributed by atoms with Crippen LogP contribution in [0.4, 0.5) is 0 Å². The van der Waals surface area contributed by atoms with Crippen molar-refractivity contribution >= 4 is 11.9 Å². The van der Waals surface area contributed by atoms with Gasteiger partial charge in [-0.3, -0.25) is 0 Å². The van der Waals surface area contributed by atoms with E-state index in [4.69, 9.17) is 15.3 Å². The van der Waals surface area contributed by atoms with Crippen molar-refractivity contribution in [3.05, 3.63) is 65.7 Å². The summed E-state index contributed by atoms with van der Waals surface area (Å²) >= 11 is 0. The third-order valence-electron chi connectivity index (χ3n) is 2.16. The van der Waals surface area contributed by atoms with Crippen LogP contribution in [0.2, 0.25) is 0 Å². The summed E-state index contributed by atoms with van der Waals surface area (Å²) < 4.78 is 0. The third-order valence-corrected chi connectivity index (χ3v) is 2.16. The first-order chi connectivity index (χ1) is 9.02. The van der Waals surface area contributed by atoms with Crippen LogP contribution in [0.25, 0.3) is 0 Å². The van der Waals surface area contributed by atoms with Gasteiger partial charge in [0.2, 0.25) is 0 Å². The Morgan fingerprint density at radius 2 is 1.26 bits per heavy atom. The maximum Gasteiger partial charge on any atom is 0.339 e. The number of rotatable bonds is 2. The SMILES string of the molecule is O=C(O)c1ccccc1.O=C(O)c1ccccc1O. The number of hydrogen-bond donors (Lipinski definition) is 3. The van der Waals surface area contributed by atoms with E-state index in [0.717, 1.165) is 0 Å². The lowest BCUT2D eigenvalue weighted by Crippen LogP contribution is -1.95. The minimum absolute atomic E-state index is 0.0671. The fraction of sp³-hybridized carbons (Fsp3) is 0. The van der Waals surface area contributed by atoms with Gasteiger partial charge in [0, 0.05) is 0 Å². The summed E-state index contributed by atoms with van der Waals surface area (Å²) in [5.74, 6) is -2.19. The van der Waals surface area contributed by atoms with Gasteiger partial charge in [0.1, 0.15) is 11.3 Å². The molecule has 0 fully saturated rings. The van der Waals surface area contributed by atoms with Gasteiger partial charge >= 0.3 is 11.9 Å². The highest BCUT2D eigenvalue weighted by atomic mass is 16.4. The van der Waals surface area contributed by atoms with Crippen LogP contribution >= 0.6 is 0 Å². The Morgan fingerprint density at radius 1 is 0.737 bits per heavy atom. The molecule has 3 N–H and O–H groups in total. The number of hydrogen-bond acceptors (Lipinski definition) is 3. The molecule has 0 saturated heterocycles. The molecule has 2 rings (SSSR count). The molecule has 2 aromatic rings. The third kappa shape index (κ3) is 4.51. The summed E-state index contributed by atoms with van der Waals surface area (Å²) in [5.41, 5.74) is 0.264. The number of aromatic carboxylic acids is 2. The van der Waals surface area contributed by atoms with Crippen molar-refractivity contribution in [2.45, 2.75) is 0 Å². The Balaban J connectivity index is 0.000000191. The van der Waals surface area contributed by atoms with Crippen molar-refractivity contribution in [1.29, 1.82) is 0 Å². The van der Waals surface area contributed by atoms with Gasteiger partial charge in [0.25, 0.3) is 0 Å². The van der Waals surface area contributed by atoms with Crippen molar-refractivity contribution in [2.75, 3.05) is 0 Å². The molecule has 0 saturated carbocycles. The fourth-order valence-corrected chi connectivity index (χ4v) is 1.24. The Kier molecular flexibility index (Phi) is 5.10. The lowest BCUT2D eigenvalue weighted by Gasteiger charge is -1.95. The van der Waals surface area contributed by atoms with Crippen LogP contribution in [0, 0.1) is 0 Å². The van der Waals surface area contributed by atoms with Gasteiger partial charge in [0.05, 0.1) is 5.56 Å². The van der Waals surface area contributed by atoms with Crippen LogP contribution in [0.5, 0.6) is 5.75 Å². The zero-order valence-corrected chi connectivity index (χ0v) is 9.85. The van der Waals surface area contributed by atoms with E-state index in [0.29, 0.717) is 5.56 Å². The second-order valence-corrected chi connectivity index (χ2v) is 3.49. The van der Waals surface area contributed by atoms with Gasteiger partial charge in [-0.15, -0.1) is 0 Å². The number of para-hydroxylation sites is 1. The summed E-state index contributed by atoms with van der Waals surface area (Å²) in [6.45, 7) is 0. The standard InChI is InChI=1S/C7H6O3.C7H6O2/c8-6-4-2-1-3-5(6)7(9)10;8-7(9)6-4-2-1-3-5-6/h1-4,8H,(H,9,10);1-5H,(H,8,9). The number of carboxylic acids is 2. The van der Waals surface area contributed by atoms with E-state index in [1.807, 2.05) is 0 Å². The zero-order valence-electron chi connectivity index (χ0n) is 9.85. The van der Waals surface area contributed by atoms with Gasteiger partial charge in [0.15, 0.2) is 0 Å². The fourth-order valence-electron chi connectivity index (χ4n) is 1.24. The molecule has 0 atom stereocenters. The average molecular weight is 260 g/mol. The lowest BCUT2D eigenvalue weighted by atomic mass is 10.2. The highest BCUT2D eigenvalue weighted by Gasteiger charge is 2.05. The number of benzene rings is 2. The molecule has 0 amide bonds. The second-order valence-electron chi connectivity index (χ2n) is 3.49. The number of carbonyl (C=O) groups is 2. The van der Waals surface area contributed by atoms with Crippen LogP contribution in [0.3, 0.4) is 0 Å². The molecule has 5 nitrogen and oxygen atoms in total. The largest absolute Gasteiger partial charge is 0.507 e. The molecule has 5 heteroatoms. The van der Waals surface area contributed by atoms with Crippen molar-refractivity contribution in [3.8, 4) is 5.75 Å². The van der Waals surface area contributed by atoms with Gasteiger partial charge in [-0.1, -0.05) is 30.3 Å². The molecule has 0 unspecified atom stereocenters. The predicted octanol–water partition coefficient (Wildman–Crippen LogP) is 2.48. The predicted molar refractivity (Wildman–Crippen MR) is 68.5 cm³/mol. The van der Waals surface area contributed by atoms with Crippen LogP contribution in [0.15, 0.2) is 54.6 Å². The van der Waals surface area contributed by atoms with E-state index in [-0.39, 0.29) is 11.3 Å². The first kappa shape index (κ1) is 14.2. The molecule has 0 bridgehead atoms. The number of phenols is 1. The van der Waals surface area contributed by atoms with E-state index in [1.54, 1.807) is 42.5 Å². The lowest BCUT2D eigenvalue weighted by molar-refractivity contribution is 0.0684. The summed E-state index contributed by atoms with van der Waals surface area (Å²) in [5, 5.41) is 25.7. The van der Waals surface area contributed by atoms with E-state index in [9.17, 15) is 9.59 Å². The molecule has 0 heterocycles. The molecule has 0 aromatic heterocycles. The molecular formula is C14H12O5. The molecule has 2 aromatic carbocycles. The Labute approximate surface area is 109 Å². The first-order valence-corrected chi connectivity index (χ1v) is 5.32. The van der Waals surface area contributed by atoms with E-state index >= 15 is 0 Å². The Morgan fingerprint density at radius 3 is 1.63 bits per heavy atom. The summed E-state index contributed by atoms with van der Waals surface area (Å²) in [6, 6.07) is 14.1. The van der Waals surface area contributed by atoms with Gasteiger partial charge in [-0.05, 0) is 24.3 Å². The second kappa shape index (κ2) is 6.80. The normalized spacial score (nSPS) is 9.05. The highest BCUT2D eigenvalue weighted by molar-refractivity contribution is 5.90. The first-order valence-electron chi connectivity index (χ1n) is 5.32. The van der Waals surface area contributed by atoms with Crippen molar-refractivity contribution in [1.82, 2.24) is 0 Å². The molecule has 0 radical (unpaired) electrons. The van der Waals surface area contributed by atoms with Crippen LogP contribution < -0.4 is 0 Å². The van der Waals surface area contributed by atoms with E-state index in [2.05, 4.69) is 0 Å². The number of carboxylic acid groups (broad SMARTS) is 2. The van der Waals surface area contributed by atoms with Crippen LogP contribution in [-0.2, 0) is 0 Å². The number of aromatic hydroxyl groups is 1. The summed E-state index contributed by atoms with van der Waals surface area (Å²) in [7, 11) is 0. The Hall–Kier alpha value is -2.82. The highest BCUT2D eigenvalue weighted by Crippen LogP contribution is 2.14.